The van der Waals surface area contributed by atoms with Gasteiger partial charge in [-0.3, -0.25) is 19.2 Å². The second-order valence-corrected chi connectivity index (χ2v) is 8.68. The van der Waals surface area contributed by atoms with E-state index < -0.39 is 53.8 Å². The molecule has 0 fully saturated rings. The lowest BCUT2D eigenvalue weighted by molar-refractivity contribution is -0.144. The van der Waals surface area contributed by atoms with Gasteiger partial charge in [-0.15, -0.1) is 0 Å². The van der Waals surface area contributed by atoms with Gasteiger partial charge in [-0.2, -0.15) is 12.6 Å². The predicted octanol–water partition coefficient (Wildman–Crippen LogP) is -0.663. The van der Waals surface area contributed by atoms with Crippen LogP contribution in [0.5, 0.6) is 0 Å². The van der Waals surface area contributed by atoms with Crippen LogP contribution in [0.15, 0.2) is 30.3 Å². The molecule has 0 aromatic heterocycles. The number of aliphatic carboxylic acids is 1. The number of carbonyl (C=O) groups excluding carboxylic acids is 4. The van der Waals surface area contributed by atoms with Crippen LogP contribution in [0.1, 0.15) is 38.7 Å². The Hall–Kier alpha value is -3.12. The van der Waals surface area contributed by atoms with Crippen LogP contribution in [0.25, 0.3) is 0 Å². The van der Waals surface area contributed by atoms with Gasteiger partial charge < -0.3 is 32.5 Å². The third-order valence-electron chi connectivity index (χ3n) is 5.54. The normalized spacial score (nSPS) is 15.1. The van der Waals surface area contributed by atoms with Crippen molar-refractivity contribution in [1.82, 2.24) is 16.0 Å². The molecule has 11 nitrogen and oxygen atoms in total. The minimum Gasteiger partial charge on any atom is -0.480 e. The van der Waals surface area contributed by atoms with Crippen LogP contribution in [-0.4, -0.2) is 64.6 Å². The lowest BCUT2D eigenvalue weighted by atomic mass is 9.98. The molecule has 0 spiro atoms. The second kappa shape index (κ2) is 15.0. The van der Waals surface area contributed by atoms with Gasteiger partial charge in [0.05, 0.1) is 6.04 Å². The van der Waals surface area contributed by atoms with Crippen LogP contribution < -0.4 is 27.4 Å². The predicted molar refractivity (Wildman–Crippen MR) is 133 cm³/mol. The Bertz CT molecular complexity index is 884. The minimum atomic E-state index is -1.25. The van der Waals surface area contributed by atoms with Crippen molar-refractivity contribution in [2.45, 2.75) is 63.7 Å². The van der Waals surface area contributed by atoms with Crippen LogP contribution in [0.4, 0.5) is 0 Å². The van der Waals surface area contributed by atoms with E-state index in [1.165, 1.54) is 0 Å². The maximum absolute atomic E-state index is 12.8. The van der Waals surface area contributed by atoms with Crippen LogP contribution in [0.2, 0.25) is 0 Å². The molecular weight excluding hydrogens is 474 g/mol. The molecule has 1 rings (SSSR count). The van der Waals surface area contributed by atoms with Gasteiger partial charge in [-0.25, -0.2) is 4.79 Å². The van der Waals surface area contributed by atoms with Crippen molar-refractivity contribution in [3.8, 4) is 0 Å². The summed E-state index contributed by atoms with van der Waals surface area (Å²) in [6.07, 6.45) is 0.371. The highest BCUT2D eigenvalue weighted by molar-refractivity contribution is 7.80. The first-order valence-corrected chi connectivity index (χ1v) is 12.0. The van der Waals surface area contributed by atoms with Gasteiger partial charge in [-0.05, 0) is 24.3 Å². The Morgan fingerprint density at radius 1 is 0.971 bits per heavy atom. The zero-order valence-corrected chi connectivity index (χ0v) is 20.8. The van der Waals surface area contributed by atoms with E-state index in [0.717, 1.165) is 5.56 Å². The minimum absolute atomic E-state index is 0.0928. The summed E-state index contributed by atoms with van der Waals surface area (Å²) in [4.78, 5) is 61.0. The van der Waals surface area contributed by atoms with Crippen molar-refractivity contribution in [3.05, 3.63) is 35.9 Å². The molecule has 194 valence electrons. The largest absolute Gasteiger partial charge is 0.480 e. The number of hydrogen-bond acceptors (Lipinski definition) is 7. The highest BCUT2D eigenvalue weighted by atomic mass is 32.1. The standard InChI is InChI=1S/C23H35N5O6S/c1-3-13(2)19(23(33)34)28-21(31)16(9-10-18(25)29)26-22(32)17(12-35)27-20(30)15(24)11-14-7-5-4-6-8-14/h4-8,13,15-17,19,35H,3,9-12,24H2,1-2H3,(H2,25,29)(H,26,32)(H,27,30)(H,28,31)(H,33,34). The van der Waals surface area contributed by atoms with Gasteiger partial charge in [0.2, 0.25) is 23.6 Å². The van der Waals surface area contributed by atoms with E-state index in [0.29, 0.717) is 6.42 Å². The molecule has 1 aromatic carbocycles. The summed E-state index contributed by atoms with van der Waals surface area (Å²) in [7, 11) is 0. The molecule has 0 radical (unpaired) electrons. The molecule has 8 N–H and O–H groups in total. The van der Waals surface area contributed by atoms with Gasteiger partial charge in [0.15, 0.2) is 0 Å². The van der Waals surface area contributed by atoms with Crippen LogP contribution in [0, 0.1) is 5.92 Å². The molecule has 0 heterocycles. The van der Waals surface area contributed by atoms with E-state index in [4.69, 9.17) is 11.5 Å². The molecule has 1 aromatic rings. The van der Waals surface area contributed by atoms with E-state index >= 15 is 0 Å². The van der Waals surface area contributed by atoms with E-state index in [2.05, 4.69) is 28.6 Å². The van der Waals surface area contributed by atoms with E-state index in [1.807, 2.05) is 30.3 Å². The van der Waals surface area contributed by atoms with E-state index in [9.17, 15) is 29.1 Å². The number of carbonyl (C=O) groups is 5. The fourth-order valence-electron chi connectivity index (χ4n) is 3.20. The van der Waals surface area contributed by atoms with Gasteiger partial charge >= 0.3 is 5.97 Å². The first kappa shape index (κ1) is 29.9. The zero-order valence-electron chi connectivity index (χ0n) is 19.9. The quantitative estimate of drug-likeness (QED) is 0.152. The molecule has 0 aliphatic carbocycles. The van der Waals surface area contributed by atoms with E-state index in [-0.39, 0.29) is 30.9 Å². The van der Waals surface area contributed by atoms with Gasteiger partial charge in [0, 0.05) is 12.2 Å². The molecule has 0 aliphatic rings. The first-order valence-electron chi connectivity index (χ1n) is 11.3. The van der Waals surface area contributed by atoms with Gasteiger partial charge in [0.25, 0.3) is 0 Å². The molecule has 5 unspecified atom stereocenters. The Kier molecular flexibility index (Phi) is 12.8. The number of nitrogens with two attached hydrogens (primary N) is 2. The maximum atomic E-state index is 12.8. The summed E-state index contributed by atoms with van der Waals surface area (Å²) in [5, 5.41) is 16.8. The van der Waals surface area contributed by atoms with Crippen molar-refractivity contribution >= 4 is 42.2 Å². The Labute approximate surface area is 210 Å². The fraction of sp³-hybridized carbons (Fsp3) is 0.522. The number of amides is 4. The molecule has 4 amide bonds. The number of carboxylic acid groups (broad SMARTS) is 1. The highest BCUT2D eigenvalue weighted by Crippen LogP contribution is 2.09. The van der Waals surface area contributed by atoms with Crippen LogP contribution in [0.3, 0.4) is 0 Å². The second-order valence-electron chi connectivity index (χ2n) is 8.32. The fourth-order valence-corrected chi connectivity index (χ4v) is 3.46. The molecule has 0 saturated heterocycles. The van der Waals surface area contributed by atoms with Crippen molar-refractivity contribution in [2.24, 2.45) is 17.4 Å². The van der Waals surface area contributed by atoms with Crippen molar-refractivity contribution < 1.29 is 29.1 Å². The SMILES string of the molecule is CCC(C)C(NC(=O)C(CCC(N)=O)NC(=O)C(CS)NC(=O)C(N)Cc1ccccc1)C(=O)O. The molecule has 0 bridgehead atoms. The summed E-state index contributed by atoms with van der Waals surface area (Å²) in [5.74, 6) is -4.48. The summed E-state index contributed by atoms with van der Waals surface area (Å²) in [6, 6.07) is 4.63. The van der Waals surface area contributed by atoms with Gasteiger partial charge in [-0.1, -0.05) is 50.6 Å². The molecule has 0 saturated carbocycles. The molecule has 0 aliphatic heterocycles. The van der Waals surface area contributed by atoms with Crippen molar-refractivity contribution in [1.29, 1.82) is 0 Å². The monoisotopic (exact) mass is 509 g/mol. The molecular formula is C23H35N5O6S. The van der Waals surface area contributed by atoms with Crippen molar-refractivity contribution in [3.63, 3.8) is 0 Å². The molecule has 12 heteroatoms. The average Bonchev–Trinajstić information content (AvgIpc) is 2.82. The summed E-state index contributed by atoms with van der Waals surface area (Å²) in [6.45, 7) is 3.45. The lowest BCUT2D eigenvalue weighted by Crippen LogP contribution is -2.58. The zero-order chi connectivity index (χ0) is 26.5. The number of primary amides is 1. The van der Waals surface area contributed by atoms with Crippen molar-refractivity contribution in [2.75, 3.05) is 5.75 Å². The number of hydrogen-bond donors (Lipinski definition) is 7. The highest BCUT2D eigenvalue weighted by Gasteiger charge is 2.31. The molecule has 5 atom stereocenters. The third kappa shape index (κ3) is 10.4. The van der Waals surface area contributed by atoms with E-state index in [1.54, 1.807) is 13.8 Å². The first-order chi connectivity index (χ1) is 16.5. The van der Waals surface area contributed by atoms with Crippen LogP contribution in [-0.2, 0) is 30.4 Å². The summed E-state index contributed by atoms with van der Waals surface area (Å²) >= 11 is 4.11. The molecule has 35 heavy (non-hydrogen) atoms. The smallest absolute Gasteiger partial charge is 0.326 e. The number of nitrogens with one attached hydrogen (secondary N) is 3. The number of carboxylic acids is 1. The van der Waals surface area contributed by atoms with Gasteiger partial charge in [0.1, 0.15) is 18.1 Å². The Morgan fingerprint density at radius 3 is 2.06 bits per heavy atom. The summed E-state index contributed by atoms with van der Waals surface area (Å²) in [5.41, 5.74) is 12.0. The Morgan fingerprint density at radius 2 is 1.54 bits per heavy atom. The van der Waals surface area contributed by atoms with Crippen LogP contribution >= 0.6 is 12.6 Å². The number of thiol groups is 1. The lowest BCUT2D eigenvalue weighted by Gasteiger charge is -2.26. The average molecular weight is 510 g/mol. The maximum Gasteiger partial charge on any atom is 0.326 e. The number of rotatable bonds is 15. The topological polar surface area (TPSA) is 194 Å². The summed E-state index contributed by atoms with van der Waals surface area (Å²) < 4.78 is 0. The third-order valence-corrected chi connectivity index (χ3v) is 5.91. The number of benzene rings is 1. The Balaban J connectivity index is 2.88.